The van der Waals surface area contributed by atoms with Crippen LogP contribution >= 0.6 is 0 Å². The van der Waals surface area contributed by atoms with Gasteiger partial charge >= 0.3 is 5.97 Å². The Hall–Kier alpha value is -1.12. The van der Waals surface area contributed by atoms with Crippen molar-refractivity contribution in [1.29, 1.82) is 0 Å². The number of hydrogen-bond donors (Lipinski definition) is 0. The lowest BCUT2D eigenvalue weighted by Crippen LogP contribution is -2.08. The van der Waals surface area contributed by atoms with E-state index in [9.17, 15) is 9.59 Å². The normalized spacial score (nSPS) is 20.9. The van der Waals surface area contributed by atoms with Crippen molar-refractivity contribution in [3.05, 3.63) is 12.2 Å². The summed E-state index contributed by atoms with van der Waals surface area (Å²) < 4.78 is 5.02. The lowest BCUT2D eigenvalue weighted by molar-refractivity contribution is -0.138. The van der Waals surface area contributed by atoms with Crippen molar-refractivity contribution in [3.63, 3.8) is 0 Å². The summed E-state index contributed by atoms with van der Waals surface area (Å²) in [6.07, 6.45) is 8.38. The quantitative estimate of drug-likeness (QED) is 0.493. The van der Waals surface area contributed by atoms with Crippen LogP contribution in [0.25, 0.3) is 0 Å². The van der Waals surface area contributed by atoms with E-state index in [2.05, 4.69) is 0 Å². The predicted molar refractivity (Wildman–Crippen MR) is 62.0 cm³/mol. The average molecular weight is 224 g/mol. The molecule has 1 aliphatic rings. The van der Waals surface area contributed by atoms with E-state index in [1.54, 1.807) is 6.92 Å². The summed E-state index contributed by atoms with van der Waals surface area (Å²) in [7, 11) is 0. The summed E-state index contributed by atoms with van der Waals surface area (Å²) in [6, 6.07) is 0. The number of unbranched alkanes of at least 4 members (excludes halogenated alkanes) is 2. The highest BCUT2D eigenvalue weighted by Crippen LogP contribution is 2.15. The Bertz CT molecular complexity index is 281. The van der Waals surface area contributed by atoms with Crippen molar-refractivity contribution in [3.8, 4) is 0 Å². The molecule has 16 heavy (non-hydrogen) atoms. The van der Waals surface area contributed by atoms with E-state index >= 15 is 0 Å². The third kappa shape index (κ3) is 4.60. The number of esters is 1. The van der Waals surface area contributed by atoms with Crippen LogP contribution in [0.2, 0.25) is 0 Å². The molecule has 0 amide bonds. The Morgan fingerprint density at radius 2 is 2.19 bits per heavy atom. The average Bonchev–Trinajstić information content (AvgIpc) is 2.63. The molecule has 0 saturated heterocycles. The second-order valence-corrected chi connectivity index (χ2v) is 4.48. The van der Waals surface area contributed by atoms with Crippen LogP contribution in [0.1, 0.15) is 46.0 Å². The molecule has 2 atom stereocenters. The summed E-state index contributed by atoms with van der Waals surface area (Å²) in [6.45, 7) is 3.62. The van der Waals surface area contributed by atoms with Crippen molar-refractivity contribution in [1.82, 2.24) is 0 Å². The van der Waals surface area contributed by atoms with Crippen LogP contribution in [-0.2, 0) is 14.3 Å². The maximum Gasteiger partial charge on any atom is 0.331 e. The molecular formula is C13H20O3. The van der Waals surface area contributed by atoms with Crippen molar-refractivity contribution < 1.29 is 14.3 Å². The first-order valence-electron chi connectivity index (χ1n) is 5.99. The van der Waals surface area contributed by atoms with Crippen molar-refractivity contribution in [2.75, 3.05) is 0 Å². The lowest BCUT2D eigenvalue weighted by atomic mass is 9.99. The largest absolute Gasteiger partial charge is 0.455 e. The molecule has 0 N–H and O–H groups in total. The molecule has 0 spiro atoms. The van der Waals surface area contributed by atoms with Crippen LogP contribution in [-0.4, -0.2) is 17.9 Å². The molecule has 1 aliphatic heterocycles. The van der Waals surface area contributed by atoms with Crippen LogP contribution < -0.4 is 0 Å². The van der Waals surface area contributed by atoms with Crippen molar-refractivity contribution in [2.24, 2.45) is 5.92 Å². The second-order valence-electron chi connectivity index (χ2n) is 4.48. The van der Waals surface area contributed by atoms with E-state index in [0.717, 1.165) is 32.1 Å². The predicted octanol–water partition coefficient (Wildman–Crippen LogP) is 2.64. The van der Waals surface area contributed by atoms with Gasteiger partial charge in [-0.15, -0.1) is 0 Å². The first-order chi connectivity index (χ1) is 7.59. The van der Waals surface area contributed by atoms with Gasteiger partial charge in [0.25, 0.3) is 0 Å². The zero-order valence-corrected chi connectivity index (χ0v) is 10.1. The highest BCUT2D eigenvalue weighted by Gasteiger charge is 2.15. The summed E-state index contributed by atoms with van der Waals surface area (Å²) >= 11 is 0. The molecule has 0 bridgehead atoms. The number of ketones is 1. The minimum atomic E-state index is -0.227. The fraction of sp³-hybridized carbons (Fsp3) is 0.692. The van der Waals surface area contributed by atoms with Crippen molar-refractivity contribution >= 4 is 11.8 Å². The number of Topliss-reactive ketones (excluding diaryl/α,β-unsaturated/α-hetero) is 1. The Balaban J connectivity index is 1.98. The van der Waals surface area contributed by atoms with Crippen LogP contribution in [0.4, 0.5) is 0 Å². The van der Waals surface area contributed by atoms with Crippen molar-refractivity contribution in [2.45, 2.75) is 52.1 Å². The third-order valence-corrected chi connectivity index (χ3v) is 3.03. The summed E-state index contributed by atoms with van der Waals surface area (Å²) in [5.74, 6) is 0.229. The molecule has 0 aliphatic carbocycles. The molecule has 0 unspecified atom stereocenters. The van der Waals surface area contributed by atoms with E-state index < -0.39 is 0 Å². The minimum Gasteiger partial charge on any atom is -0.455 e. The fourth-order valence-electron chi connectivity index (χ4n) is 1.74. The number of ether oxygens (including phenoxy) is 1. The van der Waals surface area contributed by atoms with Gasteiger partial charge in [0, 0.05) is 12.0 Å². The Morgan fingerprint density at radius 1 is 1.44 bits per heavy atom. The van der Waals surface area contributed by atoms with E-state index in [4.69, 9.17) is 4.74 Å². The van der Waals surface area contributed by atoms with Gasteiger partial charge in [-0.1, -0.05) is 19.8 Å². The van der Waals surface area contributed by atoms with Gasteiger partial charge in [0.15, 0.2) is 0 Å². The SMILES string of the molecule is CC(=O)[C@H](C)CCCCC[C@@H]1C=CC(=O)O1. The molecular weight excluding hydrogens is 204 g/mol. The zero-order chi connectivity index (χ0) is 12.0. The zero-order valence-electron chi connectivity index (χ0n) is 10.1. The number of cyclic esters (lactones) is 1. The van der Waals surface area contributed by atoms with E-state index in [0.29, 0.717) is 0 Å². The van der Waals surface area contributed by atoms with E-state index in [1.807, 2.05) is 13.0 Å². The van der Waals surface area contributed by atoms with Gasteiger partial charge < -0.3 is 4.74 Å². The number of rotatable bonds is 7. The van der Waals surface area contributed by atoms with E-state index in [1.165, 1.54) is 6.08 Å². The number of carbonyl (C=O) groups is 2. The Morgan fingerprint density at radius 3 is 2.75 bits per heavy atom. The molecule has 1 rings (SSSR count). The maximum absolute atomic E-state index is 11.0. The third-order valence-electron chi connectivity index (χ3n) is 3.03. The monoisotopic (exact) mass is 224 g/mol. The molecule has 0 aromatic rings. The smallest absolute Gasteiger partial charge is 0.331 e. The molecule has 0 fully saturated rings. The first-order valence-corrected chi connectivity index (χ1v) is 5.99. The number of hydrogen-bond acceptors (Lipinski definition) is 3. The van der Waals surface area contributed by atoms with Gasteiger partial charge in [-0.05, 0) is 32.3 Å². The Kier molecular flexibility index (Phi) is 5.23. The molecule has 90 valence electrons. The summed E-state index contributed by atoms with van der Waals surface area (Å²) in [5, 5.41) is 0. The highest BCUT2D eigenvalue weighted by atomic mass is 16.5. The molecule has 3 heteroatoms. The first kappa shape index (κ1) is 12.9. The van der Waals surface area contributed by atoms with Crippen LogP contribution in [0.15, 0.2) is 12.2 Å². The standard InChI is InChI=1S/C13H20O3/c1-10(11(2)14)6-4-3-5-7-12-8-9-13(15)16-12/h8-10,12H,3-7H2,1-2H3/t10-,12-/m1/s1. The van der Waals surface area contributed by atoms with Crippen LogP contribution in [0.5, 0.6) is 0 Å². The summed E-state index contributed by atoms with van der Waals surface area (Å²) in [5.41, 5.74) is 0. The van der Waals surface area contributed by atoms with Gasteiger partial charge in [-0.2, -0.15) is 0 Å². The molecule has 3 nitrogen and oxygen atoms in total. The Labute approximate surface area is 96.9 Å². The van der Waals surface area contributed by atoms with Gasteiger partial charge in [-0.3, -0.25) is 4.79 Å². The van der Waals surface area contributed by atoms with Crippen LogP contribution in [0, 0.1) is 5.92 Å². The highest BCUT2D eigenvalue weighted by molar-refractivity contribution is 5.84. The fourth-order valence-corrected chi connectivity index (χ4v) is 1.74. The van der Waals surface area contributed by atoms with Gasteiger partial charge in [0.1, 0.15) is 11.9 Å². The summed E-state index contributed by atoms with van der Waals surface area (Å²) in [4.78, 5) is 21.7. The molecule has 0 saturated carbocycles. The molecule has 0 aromatic carbocycles. The van der Waals surface area contributed by atoms with Gasteiger partial charge in [0.05, 0.1) is 0 Å². The topological polar surface area (TPSA) is 43.4 Å². The second kappa shape index (κ2) is 6.46. The lowest BCUT2D eigenvalue weighted by Gasteiger charge is -2.09. The van der Waals surface area contributed by atoms with E-state index in [-0.39, 0.29) is 23.8 Å². The molecule has 1 heterocycles. The number of carbonyl (C=O) groups excluding carboxylic acids is 2. The van der Waals surface area contributed by atoms with Crippen LogP contribution in [0.3, 0.4) is 0 Å². The maximum atomic E-state index is 11.0. The van der Waals surface area contributed by atoms with Gasteiger partial charge in [0.2, 0.25) is 0 Å². The minimum absolute atomic E-state index is 0.0160. The molecule has 0 aromatic heterocycles. The van der Waals surface area contributed by atoms with Gasteiger partial charge in [-0.25, -0.2) is 4.79 Å². The molecule has 0 radical (unpaired) electrons.